The molecular weight excluding hydrogens is 398 g/mol. The fourth-order valence-electron chi connectivity index (χ4n) is 6.34. The van der Waals surface area contributed by atoms with Gasteiger partial charge in [0.05, 0.1) is 21.3 Å². The number of carbonyl (C=O) groups is 2. The Morgan fingerprint density at radius 1 is 0.935 bits per heavy atom. The van der Waals surface area contributed by atoms with Gasteiger partial charge in [0.2, 0.25) is 5.75 Å². The number of aryl methyl sites for hydroxylation is 1. The Morgan fingerprint density at radius 3 is 1.97 bits per heavy atom. The van der Waals surface area contributed by atoms with E-state index in [1.54, 1.807) is 21.3 Å². The molecule has 5 rings (SSSR count). The molecule has 31 heavy (non-hydrogen) atoms. The van der Waals surface area contributed by atoms with Crippen molar-refractivity contribution in [3.63, 3.8) is 0 Å². The van der Waals surface area contributed by atoms with Gasteiger partial charge in [0.1, 0.15) is 0 Å². The second-order valence-corrected chi connectivity index (χ2v) is 9.44. The maximum absolute atomic E-state index is 12.5. The molecule has 0 spiro atoms. The van der Waals surface area contributed by atoms with Crippen molar-refractivity contribution >= 4 is 11.9 Å². The quantitative estimate of drug-likeness (QED) is 0.604. The average molecular weight is 432 g/mol. The Bertz CT molecular complexity index is 775. The van der Waals surface area contributed by atoms with Crippen LogP contribution in [-0.4, -0.2) is 45.4 Å². The minimum absolute atomic E-state index is 0.0611. The van der Waals surface area contributed by atoms with Gasteiger partial charge in [0.15, 0.2) is 18.1 Å². The molecule has 4 fully saturated rings. The first-order valence-electron chi connectivity index (χ1n) is 11.2. The zero-order valence-corrected chi connectivity index (χ0v) is 18.7. The van der Waals surface area contributed by atoms with Crippen molar-refractivity contribution in [1.82, 2.24) is 5.32 Å². The SMILES string of the molecule is COc1cc(CCC(=O)OCC(=O)NC23CC4CC(CC(C4)C2)C3)cc(OC)c1OC. The number of methoxy groups -OCH3 is 3. The molecule has 0 saturated heterocycles. The van der Waals surface area contributed by atoms with E-state index >= 15 is 0 Å². The number of amides is 1. The Morgan fingerprint density at radius 2 is 1.48 bits per heavy atom. The second-order valence-electron chi connectivity index (χ2n) is 9.44. The number of rotatable bonds is 9. The van der Waals surface area contributed by atoms with E-state index in [4.69, 9.17) is 18.9 Å². The number of hydrogen-bond donors (Lipinski definition) is 1. The van der Waals surface area contributed by atoms with Crippen LogP contribution in [0.3, 0.4) is 0 Å². The summed E-state index contributed by atoms with van der Waals surface area (Å²) < 4.78 is 21.3. The van der Waals surface area contributed by atoms with Crippen LogP contribution in [0.2, 0.25) is 0 Å². The number of ether oxygens (including phenoxy) is 4. The lowest BCUT2D eigenvalue weighted by molar-refractivity contribution is -0.150. The molecule has 1 amide bonds. The lowest BCUT2D eigenvalue weighted by Crippen LogP contribution is -2.60. The first-order valence-corrected chi connectivity index (χ1v) is 11.2. The molecule has 0 aromatic heterocycles. The van der Waals surface area contributed by atoms with Crippen molar-refractivity contribution in [3.8, 4) is 17.2 Å². The molecule has 0 heterocycles. The van der Waals surface area contributed by atoms with Gasteiger partial charge in [-0.1, -0.05) is 0 Å². The zero-order valence-electron chi connectivity index (χ0n) is 18.7. The molecule has 4 saturated carbocycles. The van der Waals surface area contributed by atoms with Crippen molar-refractivity contribution in [3.05, 3.63) is 17.7 Å². The van der Waals surface area contributed by atoms with Gasteiger partial charge in [-0.25, -0.2) is 0 Å². The molecule has 7 heteroatoms. The summed E-state index contributed by atoms with van der Waals surface area (Å²) >= 11 is 0. The van der Waals surface area contributed by atoms with E-state index in [1.807, 2.05) is 12.1 Å². The predicted octanol–water partition coefficient (Wildman–Crippen LogP) is 3.27. The monoisotopic (exact) mass is 431 g/mol. The molecule has 4 bridgehead atoms. The number of benzene rings is 1. The highest BCUT2D eigenvalue weighted by atomic mass is 16.5. The van der Waals surface area contributed by atoms with E-state index in [0.29, 0.717) is 23.7 Å². The van der Waals surface area contributed by atoms with Gasteiger partial charge in [-0.3, -0.25) is 9.59 Å². The van der Waals surface area contributed by atoms with Crippen molar-refractivity contribution in [2.75, 3.05) is 27.9 Å². The third-order valence-electron chi connectivity index (χ3n) is 7.15. The van der Waals surface area contributed by atoms with E-state index in [1.165, 1.54) is 19.3 Å². The first kappa shape index (κ1) is 21.8. The van der Waals surface area contributed by atoms with Crippen molar-refractivity contribution < 1.29 is 28.5 Å². The smallest absolute Gasteiger partial charge is 0.306 e. The summed E-state index contributed by atoms with van der Waals surface area (Å²) in [5.41, 5.74) is 0.804. The summed E-state index contributed by atoms with van der Waals surface area (Å²) in [5.74, 6) is 3.29. The van der Waals surface area contributed by atoms with Crippen LogP contribution in [0.1, 0.15) is 50.5 Å². The van der Waals surface area contributed by atoms with Gasteiger partial charge < -0.3 is 24.3 Å². The third-order valence-corrected chi connectivity index (χ3v) is 7.15. The fourth-order valence-corrected chi connectivity index (χ4v) is 6.34. The van der Waals surface area contributed by atoms with E-state index < -0.39 is 5.97 Å². The molecule has 4 aliphatic rings. The molecule has 170 valence electrons. The van der Waals surface area contributed by atoms with E-state index in [-0.39, 0.29) is 24.5 Å². The van der Waals surface area contributed by atoms with E-state index in [0.717, 1.165) is 42.6 Å². The summed E-state index contributed by atoms with van der Waals surface area (Å²) in [6, 6.07) is 3.63. The zero-order chi connectivity index (χ0) is 22.0. The molecule has 1 aromatic rings. The molecule has 1 aromatic carbocycles. The van der Waals surface area contributed by atoms with Gasteiger partial charge in [-0.05, 0) is 80.4 Å². The number of hydrogen-bond acceptors (Lipinski definition) is 6. The molecular formula is C24H33NO6. The number of esters is 1. The lowest BCUT2D eigenvalue weighted by Gasteiger charge is -2.56. The van der Waals surface area contributed by atoms with Crippen LogP contribution in [0.15, 0.2) is 12.1 Å². The van der Waals surface area contributed by atoms with Crippen LogP contribution in [-0.2, 0) is 20.7 Å². The van der Waals surface area contributed by atoms with Crippen LogP contribution in [0, 0.1) is 17.8 Å². The molecule has 1 N–H and O–H groups in total. The topological polar surface area (TPSA) is 83.1 Å². The number of nitrogens with one attached hydrogen (secondary N) is 1. The predicted molar refractivity (Wildman–Crippen MR) is 114 cm³/mol. The molecule has 4 aliphatic carbocycles. The highest BCUT2D eigenvalue weighted by Crippen LogP contribution is 2.55. The van der Waals surface area contributed by atoms with Gasteiger partial charge in [0, 0.05) is 12.0 Å². The minimum Gasteiger partial charge on any atom is -0.493 e. The molecule has 7 nitrogen and oxygen atoms in total. The van der Waals surface area contributed by atoms with Crippen LogP contribution < -0.4 is 19.5 Å². The van der Waals surface area contributed by atoms with Crippen molar-refractivity contribution in [2.24, 2.45) is 17.8 Å². The van der Waals surface area contributed by atoms with E-state index in [9.17, 15) is 9.59 Å². The Labute approximate surface area is 183 Å². The highest BCUT2D eigenvalue weighted by Gasteiger charge is 2.51. The van der Waals surface area contributed by atoms with E-state index in [2.05, 4.69) is 5.32 Å². The van der Waals surface area contributed by atoms with Crippen LogP contribution >= 0.6 is 0 Å². The van der Waals surface area contributed by atoms with Crippen molar-refractivity contribution in [2.45, 2.75) is 56.9 Å². The van der Waals surface area contributed by atoms with Crippen LogP contribution in [0.5, 0.6) is 17.2 Å². The average Bonchev–Trinajstić information content (AvgIpc) is 2.74. The van der Waals surface area contributed by atoms with Gasteiger partial charge >= 0.3 is 5.97 Å². The molecule has 0 aliphatic heterocycles. The Kier molecular flexibility index (Phi) is 6.30. The van der Waals surface area contributed by atoms with Gasteiger partial charge in [-0.2, -0.15) is 0 Å². The van der Waals surface area contributed by atoms with Crippen molar-refractivity contribution in [1.29, 1.82) is 0 Å². The summed E-state index contributed by atoms with van der Waals surface area (Å²) in [6.45, 7) is -0.212. The van der Waals surface area contributed by atoms with Crippen LogP contribution in [0.25, 0.3) is 0 Å². The molecule has 0 unspecified atom stereocenters. The van der Waals surface area contributed by atoms with Gasteiger partial charge in [-0.15, -0.1) is 0 Å². The molecule has 0 radical (unpaired) electrons. The normalized spacial score (nSPS) is 28.2. The Balaban J connectivity index is 1.26. The summed E-state index contributed by atoms with van der Waals surface area (Å²) in [7, 11) is 4.65. The maximum atomic E-state index is 12.5. The van der Waals surface area contributed by atoms with Gasteiger partial charge in [0.25, 0.3) is 5.91 Å². The second kappa shape index (κ2) is 8.97. The minimum atomic E-state index is -0.394. The fraction of sp³-hybridized carbons (Fsp3) is 0.667. The largest absolute Gasteiger partial charge is 0.493 e. The summed E-state index contributed by atoms with van der Waals surface area (Å²) in [6.07, 6.45) is 7.84. The molecule has 0 atom stereocenters. The lowest BCUT2D eigenvalue weighted by atomic mass is 9.53. The van der Waals surface area contributed by atoms with Crippen LogP contribution in [0.4, 0.5) is 0 Å². The standard InChI is InChI=1S/C24H33NO6/c1-28-19-9-15(10-20(29-2)23(19)30-3)4-5-22(27)31-14-21(26)25-24-11-16-6-17(12-24)8-18(7-16)13-24/h9-10,16-18H,4-8,11-14H2,1-3H3,(H,25,26). The number of carbonyl (C=O) groups excluding carboxylic acids is 2. The Hall–Kier alpha value is -2.44. The third kappa shape index (κ3) is 4.75. The highest BCUT2D eigenvalue weighted by molar-refractivity contribution is 5.81. The first-order chi connectivity index (χ1) is 14.9. The summed E-state index contributed by atoms with van der Waals surface area (Å²) in [5, 5.41) is 3.23. The summed E-state index contributed by atoms with van der Waals surface area (Å²) in [4.78, 5) is 24.7. The maximum Gasteiger partial charge on any atom is 0.306 e.